The van der Waals surface area contributed by atoms with Crippen LogP contribution in [-0.2, 0) is 13.6 Å². The van der Waals surface area contributed by atoms with Gasteiger partial charge in [-0.05, 0) is 38.3 Å². The predicted molar refractivity (Wildman–Crippen MR) is 58.4 cm³/mol. The lowest BCUT2D eigenvalue weighted by Gasteiger charge is -2.31. The summed E-state index contributed by atoms with van der Waals surface area (Å²) in [4.78, 5) is 0. The van der Waals surface area contributed by atoms with E-state index in [0.717, 1.165) is 31.6 Å². The van der Waals surface area contributed by atoms with Crippen LogP contribution in [0.1, 0.15) is 24.2 Å². The second-order valence-electron chi connectivity index (χ2n) is 4.52. The summed E-state index contributed by atoms with van der Waals surface area (Å²) in [6.45, 7) is 3.87. The molecule has 0 unspecified atom stereocenters. The predicted octanol–water partition coefficient (Wildman–Crippen LogP) is 0.589. The molecule has 15 heavy (non-hydrogen) atoms. The Morgan fingerprint density at radius 2 is 2.33 bits per heavy atom. The van der Waals surface area contributed by atoms with Crippen LogP contribution in [0.15, 0.2) is 6.07 Å². The van der Waals surface area contributed by atoms with E-state index in [0.29, 0.717) is 5.92 Å². The minimum atomic E-state index is -0.0456. The standard InChI is InChI=1S/C11H19N3O/c1-8-3-10(14(2)13-8)7-12-6-9-4-11(15)5-9/h3,9,11-12,15H,4-7H2,1-2H3. The molecule has 0 amide bonds. The fourth-order valence-electron chi connectivity index (χ4n) is 2.10. The van der Waals surface area contributed by atoms with Crippen molar-refractivity contribution in [2.75, 3.05) is 6.54 Å². The third kappa shape index (κ3) is 2.58. The molecule has 4 nitrogen and oxygen atoms in total. The number of rotatable bonds is 4. The monoisotopic (exact) mass is 209 g/mol. The molecule has 0 radical (unpaired) electrons. The summed E-state index contributed by atoms with van der Waals surface area (Å²) in [6, 6.07) is 2.10. The van der Waals surface area contributed by atoms with Crippen LogP contribution < -0.4 is 5.32 Å². The number of nitrogens with zero attached hydrogens (tertiary/aromatic N) is 2. The summed E-state index contributed by atoms with van der Waals surface area (Å²) in [5.74, 6) is 0.661. The molecule has 0 bridgehead atoms. The number of aryl methyl sites for hydroxylation is 2. The first-order valence-electron chi connectivity index (χ1n) is 5.53. The first kappa shape index (κ1) is 10.6. The van der Waals surface area contributed by atoms with E-state index in [2.05, 4.69) is 16.5 Å². The van der Waals surface area contributed by atoms with Gasteiger partial charge >= 0.3 is 0 Å². The summed E-state index contributed by atoms with van der Waals surface area (Å²) < 4.78 is 1.91. The van der Waals surface area contributed by atoms with E-state index < -0.39 is 0 Å². The van der Waals surface area contributed by atoms with Crippen molar-refractivity contribution in [1.29, 1.82) is 0 Å². The average molecular weight is 209 g/mol. The van der Waals surface area contributed by atoms with E-state index >= 15 is 0 Å². The van der Waals surface area contributed by atoms with Gasteiger partial charge in [0.05, 0.1) is 17.5 Å². The van der Waals surface area contributed by atoms with Gasteiger partial charge in [-0.25, -0.2) is 0 Å². The number of aliphatic hydroxyl groups is 1. The Morgan fingerprint density at radius 1 is 1.60 bits per heavy atom. The molecule has 1 saturated carbocycles. The highest BCUT2D eigenvalue weighted by molar-refractivity contribution is 5.08. The largest absolute Gasteiger partial charge is 0.393 e. The highest BCUT2D eigenvalue weighted by Crippen LogP contribution is 2.26. The molecule has 1 aromatic rings. The van der Waals surface area contributed by atoms with Gasteiger partial charge in [-0.1, -0.05) is 0 Å². The molecule has 84 valence electrons. The van der Waals surface area contributed by atoms with Gasteiger partial charge < -0.3 is 10.4 Å². The van der Waals surface area contributed by atoms with Gasteiger partial charge in [0.2, 0.25) is 0 Å². The van der Waals surface area contributed by atoms with Gasteiger partial charge in [0.15, 0.2) is 0 Å². The summed E-state index contributed by atoms with van der Waals surface area (Å²) in [5.41, 5.74) is 2.28. The molecule has 0 aromatic carbocycles. The molecule has 4 heteroatoms. The van der Waals surface area contributed by atoms with Crippen LogP contribution in [0.2, 0.25) is 0 Å². The number of aromatic nitrogens is 2. The lowest BCUT2D eigenvalue weighted by molar-refractivity contribution is 0.0429. The Kier molecular flexibility index (Phi) is 3.07. The molecule has 0 aliphatic heterocycles. The summed E-state index contributed by atoms with van der Waals surface area (Å²) in [7, 11) is 1.97. The topological polar surface area (TPSA) is 50.1 Å². The van der Waals surface area contributed by atoms with Gasteiger partial charge in [-0.2, -0.15) is 5.10 Å². The Balaban J connectivity index is 1.71. The van der Waals surface area contributed by atoms with E-state index in [9.17, 15) is 0 Å². The number of hydrogen-bond acceptors (Lipinski definition) is 3. The molecule has 0 saturated heterocycles. The van der Waals surface area contributed by atoms with E-state index in [4.69, 9.17) is 5.11 Å². The van der Waals surface area contributed by atoms with Gasteiger partial charge in [0.25, 0.3) is 0 Å². The van der Waals surface area contributed by atoms with Crippen LogP contribution in [-0.4, -0.2) is 27.5 Å². The van der Waals surface area contributed by atoms with Gasteiger partial charge in [-0.3, -0.25) is 4.68 Å². The number of nitrogens with one attached hydrogen (secondary N) is 1. The molecule has 0 atom stereocenters. The SMILES string of the molecule is Cc1cc(CNCC2CC(O)C2)n(C)n1. The van der Waals surface area contributed by atoms with Crippen molar-refractivity contribution in [3.05, 3.63) is 17.5 Å². The highest BCUT2D eigenvalue weighted by Gasteiger charge is 2.26. The minimum absolute atomic E-state index is 0.0456. The Hall–Kier alpha value is -0.870. The molecule has 1 heterocycles. The maximum Gasteiger partial charge on any atom is 0.0597 e. The van der Waals surface area contributed by atoms with Crippen LogP contribution in [0.5, 0.6) is 0 Å². The fourth-order valence-corrected chi connectivity index (χ4v) is 2.10. The van der Waals surface area contributed by atoms with Crippen LogP contribution in [0.25, 0.3) is 0 Å². The first-order valence-corrected chi connectivity index (χ1v) is 5.53. The van der Waals surface area contributed by atoms with Gasteiger partial charge in [0, 0.05) is 13.6 Å². The van der Waals surface area contributed by atoms with Crippen molar-refractivity contribution < 1.29 is 5.11 Å². The third-order valence-corrected chi connectivity index (χ3v) is 3.05. The Bertz CT molecular complexity index is 329. The lowest BCUT2D eigenvalue weighted by Crippen LogP contribution is -2.36. The average Bonchev–Trinajstić information content (AvgIpc) is 2.42. The summed E-state index contributed by atoms with van der Waals surface area (Å²) in [6.07, 6.45) is 1.87. The molecular weight excluding hydrogens is 190 g/mol. The number of aliphatic hydroxyl groups excluding tert-OH is 1. The molecule has 1 aromatic heterocycles. The maximum atomic E-state index is 9.14. The quantitative estimate of drug-likeness (QED) is 0.763. The normalized spacial score (nSPS) is 25.3. The molecule has 1 aliphatic rings. The van der Waals surface area contributed by atoms with Gasteiger partial charge in [-0.15, -0.1) is 0 Å². The second-order valence-corrected chi connectivity index (χ2v) is 4.52. The zero-order valence-electron chi connectivity index (χ0n) is 9.40. The summed E-state index contributed by atoms with van der Waals surface area (Å²) in [5, 5.41) is 16.8. The Morgan fingerprint density at radius 3 is 2.87 bits per heavy atom. The van der Waals surface area contributed by atoms with Crippen LogP contribution in [0, 0.1) is 12.8 Å². The van der Waals surface area contributed by atoms with E-state index in [1.165, 1.54) is 5.69 Å². The van der Waals surface area contributed by atoms with Crippen LogP contribution in [0.3, 0.4) is 0 Å². The zero-order chi connectivity index (χ0) is 10.8. The molecule has 2 rings (SSSR count). The van der Waals surface area contributed by atoms with Crippen molar-refractivity contribution >= 4 is 0 Å². The van der Waals surface area contributed by atoms with E-state index in [-0.39, 0.29) is 6.10 Å². The lowest BCUT2D eigenvalue weighted by atomic mass is 9.82. The molecule has 2 N–H and O–H groups in total. The first-order chi connectivity index (χ1) is 7.15. The van der Waals surface area contributed by atoms with Crippen molar-refractivity contribution in [2.24, 2.45) is 13.0 Å². The third-order valence-electron chi connectivity index (χ3n) is 3.05. The zero-order valence-corrected chi connectivity index (χ0v) is 9.40. The Labute approximate surface area is 90.3 Å². The highest BCUT2D eigenvalue weighted by atomic mass is 16.3. The summed E-state index contributed by atoms with van der Waals surface area (Å²) >= 11 is 0. The minimum Gasteiger partial charge on any atom is -0.393 e. The molecule has 1 fully saturated rings. The second kappa shape index (κ2) is 4.33. The van der Waals surface area contributed by atoms with Crippen molar-refractivity contribution in [1.82, 2.24) is 15.1 Å². The van der Waals surface area contributed by atoms with Crippen LogP contribution >= 0.6 is 0 Å². The van der Waals surface area contributed by atoms with E-state index in [1.807, 2.05) is 18.7 Å². The van der Waals surface area contributed by atoms with Crippen molar-refractivity contribution in [2.45, 2.75) is 32.4 Å². The molecule has 1 aliphatic carbocycles. The van der Waals surface area contributed by atoms with Crippen molar-refractivity contribution in [3.63, 3.8) is 0 Å². The smallest absolute Gasteiger partial charge is 0.0597 e. The fraction of sp³-hybridized carbons (Fsp3) is 0.727. The van der Waals surface area contributed by atoms with Crippen molar-refractivity contribution in [3.8, 4) is 0 Å². The van der Waals surface area contributed by atoms with Crippen LogP contribution in [0.4, 0.5) is 0 Å². The molecular formula is C11H19N3O. The maximum absolute atomic E-state index is 9.14. The van der Waals surface area contributed by atoms with E-state index in [1.54, 1.807) is 0 Å². The van der Waals surface area contributed by atoms with Gasteiger partial charge in [0.1, 0.15) is 0 Å². The molecule has 0 spiro atoms. The number of hydrogen-bond donors (Lipinski definition) is 2.